The fourth-order valence-corrected chi connectivity index (χ4v) is 1.70. The molecule has 0 amide bonds. The van der Waals surface area contributed by atoms with Crippen molar-refractivity contribution in [2.24, 2.45) is 0 Å². The first kappa shape index (κ1) is 11.4. The van der Waals surface area contributed by atoms with Gasteiger partial charge in [0.2, 0.25) is 0 Å². The average Bonchev–Trinajstić information content (AvgIpc) is 2.19. The first-order chi connectivity index (χ1) is 6.75. The first-order valence-corrected chi connectivity index (χ1v) is 5.60. The molecular weight excluding hydrogens is 196 g/mol. The summed E-state index contributed by atoms with van der Waals surface area (Å²) in [6.45, 7) is 2.19. The maximum atomic E-state index is 9.62. The molecule has 1 aromatic rings. The molecular formula is C12H17ClO. The van der Waals surface area contributed by atoms with Gasteiger partial charge in [0.25, 0.3) is 0 Å². The first-order valence-electron chi connectivity index (χ1n) is 5.22. The van der Waals surface area contributed by atoms with Gasteiger partial charge in [0.05, 0.1) is 5.02 Å². The minimum atomic E-state index is 0.255. The summed E-state index contributed by atoms with van der Waals surface area (Å²) in [6, 6.07) is 5.54. The molecule has 0 spiro atoms. The van der Waals surface area contributed by atoms with Gasteiger partial charge in [0.15, 0.2) is 0 Å². The summed E-state index contributed by atoms with van der Waals surface area (Å²) < 4.78 is 0. The van der Waals surface area contributed by atoms with Gasteiger partial charge in [-0.25, -0.2) is 0 Å². The molecule has 2 heteroatoms. The number of hydrogen-bond acceptors (Lipinski definition) is 1. The highest BCUT2D eigenvalue weighted by atomic mass is 35.5. The summed E-state index contributed by atoms with van der Waals surface area (Å²) in [5, 5.41) is 10.1. The van der Waals surface area contributed by atoms with Crippen LogP contribution in [0.4, 0.5) is 0 Å². The fraction of sp³-hybridized carbons (Fsp3) is 0.500. The number of hydrogen-bond donors (Lipinski definition) is 1. The van der Waals surface area contributed by atoms with E-state index in [-0.39, 0.29) is 5.75 Å². The molecule has 0 atom stereocenters. The molecule has 0 radical (unpaired) electrons. The standard InChI is InChI=1S/C12H17ClO/c1-2-3-4-5-7-10-8-6-9-11(13)12(10)14/h6,8-9,14H,2-5,7H2,1H3. The van der Waals surface area contributed by atoms with Crippen LogP contribution < -0.4 is 0 Å². The Morgan fingerprint density at radius 3 is 2.71 bits per heavy atom. The van der Waals surface area contributed by atoms with E-state index in [2.05, 4.69) is 6.92 Å². The van der Waals surface area contributed by atoms with Crippen LogP contribution in [0.2, 0.25) is 5.02 Å². The highest BCUT2D eigenvalue weighted by Crippen LogP contribution is 2.28. The van der Waals surface area contributed by atoms with Crippen molar-refractivity contribution >= 4 is 11.6 Å². The Morgan fingerprint density at radius 2 is 2.00 bits per heavy atom. The van der Waals surface area contributed by atoms with E-state index in [1.165, 1.54) is 19.3 Å². The zero-order valence-corrected chi connectivity index (χ0v) is 9.35. The monoisotopic (exact) mass is 212 g/mol. The molecule has 0 aliphatic carbocycles. The second-order valence-electron chi connectivity index (χ2n) is 3.56. The molecule has 0 saturated heterocycles. The van der Waals surface area contributed by atoms with Gasteiger partial charge in [-0.2, -0.15) is 0 Å². The number of benzene rings is 1. The van der Waals surface area contributed by atoms with Crippen LogP contribution in [0.5, 0.6) is 5.75 Å². The van der Waals surface area contributed by atoms with Crippen LogP contribution >= 0.6 is 11.6 Å². The maximum Gasteiger partial charge on any atom is 0.137 e. The predicted octanol–water partition coefficient (Wildman–Crippen LogP) is 4.17. The molecule has 1 N–H and O–H groups in total. The molecule has 0 heterocycles. The van der Waals surface area contributed by atoms with Gasteiger partial charge < -0.3 is 5.11 Å². The maximum absolute atomic E-state index is 9.62. The number of halogens is 1. The third-order valence-electron chi connectivity index (χ3n) is 2.37. The average molecular weight is 213 g/mol. The van der Waals surface area contributed by atoms with Gasteiger partial charge in [0.1, 0.15) is 5.75 Å². The van der Waals surface area contributed by atoms with Gasteiger partial charge in [-0.05, 0) is 24.5 Å². The van der Waals surface area contributed by atoms with E-state index >= 15 is 0 Å². The highest BCUT2D eigenvalue weighted by molar-refractivity contribution is 6.32. The Balaban J connectivity index is 2.46. The van der Waals surface area contributed by atoms with Crippen molar-refractivity contribution in [1.29, 1.82) is 0 Å². The van der Waals surface area contributed by atoms with E-state index in [4.69, 9.17) is 11.6 Å². The number of rotatable bonds is 5. The Labute approximate surface area is 90.7 Å². The molecule has 0 aliphatic heterocycles. The van der Waals surface area contributed by atoms with E-state index in [9.17, 15) is 5.11 Å². The highest BCUT2D eigenvalue weighted by Gasteiger charge is 2.03. The van der Waals surface area contributed by atoms with Crippen LogP contribution in [0.25, 0.3) is 0 Å². The Morgan fingerprint density at radius 1 is 1.21 bits per heavy atom. The van der Waals surface area contributed by atoms with E-state index in [0.29, 0.717) is 5.02 Å². The number of phenolic OH excluding ortho intramolecular Hbond substituents is 1. The lowest BCUT2D eigenvalue weighted by Gasteiger charge is -2.05. The number of unbranched alkanes of at least 4 members (excludes halogenated alkanes) is 3. The van der Waals surface area contributed by atoms with Crippen LogP contribution in [-0.4, -0.2) is 5.11 Å². The molecule has 0 saturated carbocycles. The molecule has 0 bridgehead atoms. The third kappa shape index (κ3) is 3.22. The van der Waals surface area contributed by atoms with Crippen molar-refractivity contribution in [3.05, 3.63) is 28.8 Å². The number of phenols is 1. The topological polar surface area (TPSA) is 20.2 Å². The zero-order valence-electron chi connectivity index (χ0n) is 8.59. The lowest BCUT2D eigenvalue weighted by molar-refractivity contribution is 0.466. The number of aromatic hydroxyl groups is 1. The summed E-state index contributed by atoms with van der Waals surface area (Å²) in [6.07, 6.45) is 5.78. The van der Waals surface area contributed by atoms with Crippen molar-refractivity contribution in [1.82, 2.24) is 0 Å². The van der Waals surface area contributed by atoms with E-state index < -0.39 is 0 Å². The summed E-state index contributed by atoms with van der Waals surface area (Å²) in [7, 11) is 0. The lowest BCUT2D eigenvalue weighted by Crippen LogP contribution is -1.87. The molecule has 0 unspecified atom stereocenters. The van der Waals surface area contributed by atoms with Gasteiger partial charge in [-0.3, -0.25) is 0 Å². The smallest absolute Gasteiger partial charge is 0.137 e. The molecule has 0 fully saturated rings. The zero-order chi connectivity index (χ0) is 10.4. The largest absolute Gasteiger partial charge is 0.506 e. The van der Waals surface area contributed by atoms with Gasteiger partial charge in [-0.1, -0.05) is 49.9 Å². The van der Waals surface area contributed by atoms with E-state index in [1.807, 2.05) is 12.1 Å². The Hall–Kier alpha value is -0.690. The van der Waals surface area contributed by atoms with Crippen LogP contribution in [0, 0.1) is 0 Å². The predicted molar refractivity (Wildman–Crippen MR) is 61.0 cm³/mol. The van der Waals surface area contributed by atoms with Crippen molar-refractivity contribution < 1.29 is 5.11 Å². The summed E-state index contributed by atoms with van der Waals surface area (Å²) >= 11 is 5.80. The fourth-order valence-electron chi connectivity index (χ4n) is 1.50. The van der Waals surface area contributed by atoms with Crippen LogP contribution in [0.1, 0.15) is 38.2 Å². The molecule has 1 rings (SSSR count). The molecule has 1 nitrogen and oxygen atoms in total. The van der Waals surface area contributed by atoms with Gasteiger partial charge in [0, 0.05) is 0 Å². The number of para-hydroxylation sites is 1. The van der Waals surface area contributed by atoms with Gasteiger partial charge in [-0.15, -0.1) is 0 Å². The SMILES string of the molecule is CCCCCCc1cccc(Cl)c1O. The Bertz CT molecular complexity index is 284. The molecule has 0 aliphatic rings. The molecule has 1 aromatic carbocycles. The van der Waals surface area contributed by atoms with Crippen molar-refractivity contribution in [3.8, 4) is 5.75 Å². The molecule has 78 valence electrons. The van der Waals surface area contributed by atoms with Crippen molar-refractivity contribution in [3.63, 3.8) is 0 Å². The van der Waals surface area contributed by atoms with Crippen LogP contribution in [0.15, 0.2) is 18.2 Å². The second kappa shape index (κ2) is 5.92. The minimum Gasteiger partial charge on any atom is -0.506 e. The summed E-state index contributed by atoms with van der Waals surface area (Å²) in [5.74, 6) is 0.255. The van der Waals surface area contributed by atoms with Crippen LogP contribution in [-0.2, 0) is 6.42 Å². The normalized spacial score (nSPS) is 10.4. The second-order valence-corrected chi connectivity index (χ2v) is 3.97. The molecule has 14 heavy (non-hydrogen) atoms. The van der Waals surface area contributed by atoms with Crippen molar-refractivity contribution in [2.45, 2.75) is 39.0 Å². The van der Waals surface area contributed by atoms with E-state index in [0.717, 1.165) is 18.4 Å². The summed E-state index contributed by atoms with van der Waals surface area (Å²) in [4.78, 5) is 0. The van der Waals surface area contributed by atoms with Crippen molar-refractivity contribution in [2.75, 3.05) is 0 Å². The summed E-state index contributed by atoms with van der Waals surface area (Å²) in [5.41, 5.74) is 0.966. The lowest BCUT2D eigenvalue weighted by atomic mass is 10.1. The third-order valence-corrected chi connectivity index (χ3v) is 2.68. The molecule has 0 aromatic heterocycles. The minimum absolute atomic E-state index is 0.255. The Kier molecular flexibility index (Phi) is 4.81. The van der Waals surface area contributed by atoms with Gasteiger partial charge >= 0.3 is 0 Å². The van der Waals surface area contributed by atoms with E-state index in [1.54, 1.807) is 6.07 Å². The number of aryl methyl sites for hydroxylation is 1. The quantitative estimate of drug-likeness (QED) is 0.727. The van der Waals surface area contributed by atoms with Crippen LogP contribution in [0.3, 0.4) is 0 Å².